The van der Waals surface area contributed by atoms with Gasteiger partial charge in [0.25, 0.3) is 0 Å². The van der Waals surface area contributed by atoms with E-state index < -0.39 is 5.97 Å². The van der Waals surface area contributed by atoms with Crippen molar-refractivity contribution in [2.24, 2.45) is 0 Å². The largest absolute Gasteiger partial charge is 0.476 e. The number of carboxylic acids is 1. The number of rotatable bonds is 5. The molecule has 1 atom stereocenters. The Kier molecular flexibility index (Phi) is 3.79. The Morgan fingerprint density at radius 2 is 2.32 bits per heavy atom. The molecule has 0 spiro atoms. The SMILES string of the molecule is CC(=O)c1sc(NCC2CCC(=O)N2)nc1C(=O)O. The summed E-state index contributed by atoms with van der Waals surface area (Å²) in [4.78, 5) is 37.3. The second-order valence-electron chi connectivity index (χ2n) is 4.24. The molecule has 7 nitrogen and oxygen atoms in total. The van der Waals surface area contributed by atoms with E-state index in [2.05, 4.69) is 15.6 Å². The number of hydrogen-bond acceptors (Lipinski definition) is 6. The third kappa shape index (κ3) is 3.08. The average Bonchev–Trinajstić information content (AvgIpc) is 2.92. The molecule has 0 aliphatic carbocycles. The maximum Gasteiger partial charge on any atom is 0.356 e. The number of nitrogens with zero attached hydrogens (tertiary/aromatic N) is 1. The highest BCUT2D eigenvalue weighted by Crippen LogP contribution is 2.24. The fourth-order valence-electron chi connectivity index (χ4n) is 1.82. The third-order valence-electron chi connectivity index (χ3n) is 2.73. The van der Waals surface area contributed by atoms with Gasteiger partial charge in [0, 0.05) is 25.9 Å². The van der Waals surface area contributed by atoms with Gasteiger partial charge >= 0.3 is 5.97 Å². The van der Waals surface area contributed by atoms with Crippen molar-refractivity contribution in [1.29, 1.82) is 0 Å². The molecule has 0 radical (unpaired) electrons. The van der Waals surface area contributed by atoms with Crippen LogP contribution >= 0.6 is 11.3 Å². The summed E-state index contributed by atoms with van der Waals surface area (Å²) in [6, 6.07) is 0.0189. The number of aromatic nitrogens is 1. The van der Waals surface area contributed by atoms with E-state index >= 15 is 0 Å². The van der Waals surface area contributed by atoms with Crippen LogP contribution in [0.4, 0.5) is 5.13 Å². The number of thiazole rings is 1. The Labute approximate surface area is 113 Å². The lowest BCUT2D eigenvalue weighted by Crippen LogP contribution is -2.31. The van der Waals surface area contributed by atoms with Crippen molar-refractivity contribution in [3.05, 3.63) is 10.6 Å². The zero-order valence-corrected chi connectivity index (χ0v) is 11.0. The second-order valence-corrected chi connectivity index (χ2v) is 5.24. The van der Waals surface area contributed by atoms with E-state index in [4.69, 9.17) is 5.11 Å². The van der Waals surface area contributed by atoms with Gasteiger partial charge in [-0.2, -0.15) is 0 Å². The first-order chi connectivity index (χ1) is 8.97. The van der Waals surface area contributed by atoms with Gasteiger partial charge in [-0.3, -0.25) is 9.59 Å². The molecule has 1 fully saturated rings. The normalized spacial score (nSPS) is 18.2. The lowest BCUT2D eigenvalue weighted by molar-refractivity contribution is -0.119. The number of Topliss-reactive ketones (excluding diaryl/α,β-unsaturated/α-hetero) is 1. The number of aromatic carboxylic acids is 1. The lowest BCUT2D eigenvalue weighted by atomic mass is 10.2. The van der Waals surface area contributed by atoms with Crippen LogP contribution in [0.1, 0.15) is 39.9 Å². The van der Waals surface area contributed by atoms with Crippen LogP contribution < -0.4 is 10.6 Å². The van der Waals surface area contributed by atoms with Crippen molar-refractivity contribution in [2.45, 2.75) is 25.8 Å². The highest BCUT2D eigenvalue weighted by molar-refractivity contribution is 7.17. The van der Waals surface area contributed by atoms with Gasteiger partial charge in [0.15, 0.2) is 16.6 Å². The lowest BCUT2D eigenvalue weighted by Gasteiger charge is -2.09. The molecule has 19 heavy (non-hydrogen) atoms. The number of carboxylic acid groups (broad SMARTS) is 1. The molecular formula is C11H13N3O4S. The number of carbonyl (C=O) groups excluding carboxylic acids is 2. The van der Waals surface area contributed by atoms with Gasteiger partial charge in [-0.05, 0) is 6.42 Å². The number of anilines is 1. The van der Waals surface area contributed by atoms with Crippen molar-refractivity contribution in [2.75, 3.05) is 11.9 Å². The predicted octanol–water partition coefficient (Wildman–Crippen LogP) is 0.734. The summed E-state index contributed by atoms with van der Waals surface area (Å²) in [5.74, 6) is -1.53. The Morgan fingerprint density at radius 1 is 1.58 bits per heavy atom. The van der Waals surface area contributed by atoms with Gasteiger partial charge in [0.2, 0.25) is 5.91 Å². The number of ketones is 1. The molecule has 0 saturated carbocycles. The van der Waals surface area contributed by atoms with Crippen LogP contribution in [0.5, 0.6) is 0 Å². The minimum Gasteiger partial charge on any atom is -0.476 e. The van der Waals surface area contributed by atoms with E-state index in [1.807, 2.05) is 0 Å². The molecule has 1 unspecified atom stereocenters. The molecule has 102 valence electrons. The van der Waals surface area contributed by atoms with Crippen molar-refractivity contribution in [3.8, 4) is 0 Å². The number of carbonyl (C=O) groups is 3. The Morgan fingerprint density at radius 3 is 2.79 bits per heavy atom. The van der Waals surface area contributed by atoms with Crippen LogP contribution in [0, 0.1) is 0 Å². The zero-order chi connectivity index (χ0) is 14.0. The first-order valence-corrected chi connectivity index (χ1v) is 6.57. The van der Waals surface area contributed by atoms with Gasteiger partial charge in [-0.15, -0.1) is 0 Å². The van der Waals surface area contributed by atoms with Crippen LogP contribution in [0.25, 0.3) is 0 Å². The molecule has 8 heteroatoms. The van der Waals surface area contributed by atoms with Gasteiger partial charge in [-0.1, -0.05) is 11.3 Å². The van der Waals surface area contributed by atoms with E-state index in [1.165, 1.54) is 6.92 Å². The van der Waals surface area contributed by atoms with Crippen LogP contribution in [0.2, 0.25) is 0 Å². The Bertz CT molecular complexity index is 509. The number of amides is 1. The van der Waals surface area contributed by atoms with E-state index in [9.17, 15) is 14.4 Å². The van der Waals surface area contributed by atoms with E-state index in [-0.39, 0.29) is 28.3 Å². The summed E-state index contributed by atoms with van der Waals surface area (Å²) >= 11 is 1.01. The molecule has 2 heterocycles. The molecule has 3 N–H and O–H groups in total. The zero-order valence-electron chi connectivity index (χ0n) is 10.2. The van der Waals surface area contributed by atoms with E-state index in [0.29, 0.717) is 18.1 Å². The number of nitrogens with one attached hydrogen (secondary N) is 2. The molecule has 1 aromatic rings. The average molecular weight is 283 g/mol. The fourth-order valence-corrected chi connectivity index (χ4v) is 2.68. The summed E-state index contributed by atoms with van der Waals surface area (Å²) in [5, 5.41) is 15.1. The van der Waals surface area contributed by atoms with Crippen LogP contribution in [-0.2, 0) is 4.79 Å². The fraction of sp³-hybridized carbons (Fsp3) is 0.455. The molecule has 0 bridgehead atoms. The van der Waals surface area contributed by atoms with Crippen molar-refractivity contribution < 1.29 is 19.5 Å². The molecule has 1 aliphatic heterocycles. The first-order valence-electron chi connectivity index (χ1n) is 5.75. The summed E-state index contributed by atoms with van der Waals surface area (Å²) in [5.41, 5.74) is -0.226. The highest BCUT2D eigenvalue weighted by Gasteiger charge is 2.23. The summed E-state index contributed by atoms with van der Waals surface area (Å²) < 4.78 is 0. The first kappa shape index (κ1) is 13.5. The van der Waals surface area contributed by atoms with Crippen molar-refractivity contribution >= 4 is 34.1 Å². The minimum absolute atomic E-state index is 0.0154. The van der Waals surface area contributed by atoms with Crippen LogP contribution in [-0.4, -0.2) is 40.3 Å². The molecular weight excluding hydrogens is 270 g/mol. The van der Waals surface area contributed by atoms with Crippen LogP contribution in [0.15, 0.2) is 0 Å². The van der Waals surface area contributed by atoms with Crippen LogP contribution in [0.3, 0.4) is 0 Å². The Hall–Kier alpha value is -1.96. The maximum absolute atomic E-state index is 11.3. The van der Waals surface area contributed by atoms with Gasteiger partial charge in [-0.25, -0.2) is 9.78 Å². The standard InChI is InChI=1S/C11H13N3O4S/c1-5(15)9-8(10(17)18)14-11(19-9)12-4-6-2-3-7(16)13-6/h6H,2-4H2,1H3,(H,12,14)(H,13,16)(H,17,18). The molecule has 0 aromatic carbocycles. The smallest absolute Gasteiger partial charge is 0.356 e. The van der Waals surface area contributed by atoms with E-state index in [1.54, 1.807) is 0 Å². The highest BCUT2D eigenvalue weighted by atomic mass is 32.1. The maximum atomic E-state index is 11.3. The molecule has 1 aromatic heterocycles. The van der Waals surface area contributed by atoms with Gasteiger partial charge in [0.1, 0.15) is 4.88 Å². The number of hydrogen-bond donors (Lipinski definition) is 3. The van der Waals surface area contributed by atoms with Gasteiger partial charge in [0.05, 0.1) is 0 Å². The van der Waals surface area contributed by atoms with Crippen molar-refractivity contribution in [1.82, 2.24) is 10.3 Å². The van der Waals surface area contributed by atoms with Gasteiger partial charge < -0.3 is 15.7 Å². The summed E-state index contributed by atoms with van der Waals surface area (Å²) in [6.07, 6.45) is 1.24. The predicted molar refractivity (Wildman–Crippen MR) is 68.7 cm³/mol. The summed E-state index contributed by atoms with van der Waals surface area (Å²) in [6.45, 7) is 1.77. The molecule has 1 aliphatic rings. The topological polar surface area (TPSA) is 108 Å². The molecule has 1 amide bonds. The third-order valence-corrected chi connectivity index (χ3v) is 3.85. The molecule has 2 rings (SSSR count). The Balaban J connectivity index is 2.04. The monoisotopic (exact) mass is 283 g/mol. The summed E-state index contributed by atoms with van der Waals surface area (Å²) in [7, 11) is 0. The second kappa shape index (κ2) is 5.35. The van der Waals surface area contributed by atoms with E-state index in [0.717, 1.165) is 17.8 Å². The quantitative estimate of drug-likeness (QED) is 0.688. The van der Waals surface area contributed by atoms with Crippen molar-refractivity contribution in [3.63, 3.8) is 0 Å². The molecule has 1 saturated heterocycles. The minimum atomic E-state index is -1.22.